The van der Waals surface area contributed by atoms with Crippen molar-refractivity contribution in [2.24, 2.45) is 0 Å². The number of nitriles is 1. The number of nitrogens with two attached hydrogens (primary N) is 1. The first-order valence-corrected chi connectivity index (χ1v) is 7.52. The van der Waals surface area contributed by atoms with Gasteiger partial charge in [-0.25, -0.2) is 4.98 Å². The van der Waals surface area contributed by atoms with Crippen LogP contribution in [0.4, 0.5) is 5.82 Å². The van der Waals surface area contributed by atoms with Crippen molar-refractivity contribution in [2.75, 3.05) is 5.73 Å². The molecule has 1 aromatic heterocycles. The van der Waals surface area contributed by atoms with E-state index in [0.717, 1.165) is 11.3 Å². The molecule has 23 heavy (non-hydrogen) atoms. The lowest BCUT2D eigenvalue weighted by Crippen LogP contribution is -2.30. The van der Waals surface area contributed by atoms with Crippen LogP contribution in [0, 0.1) is 11.3 Å². The molecule has 3 rings (SSSR count). The monoisotopic (exact) mass is 309 g/mol. The van der Waals surface area contributed by atoms with Gasteiger partial charge in [-0.1, -0.05) is 12.1 Å². The Hall–Kier alpha value is -2.62. The van der Waals surface area contributed by atoms with E-state index in [4.69, 9.17) is 5.73 Å². The molecule has 0 aliphatic carbocycles. The number of nitrogens with zero attached hydrogens (tertiary/aromatic N) is 2. The highest BCUT2D eigenvalue weighted by molar-refractivity contribution is 5.76. The fourth-order valence-electron chi connectivity index (χ4n) is 3.16. The van der Waals surface area contributed by atoms with Crippen molar-refractivity contribution in [3.8, 4) is 22.9 Å². The molecule has 0 bridgehead atoms. The average molecular weight is 309 g/mol. The summed E-state index contributed by atoms with van der Waals surface area (Å²) in [7, 11) is 0. The molecule has 2 atom stereocenters. The van der Waals surface area contributed by atoms with Crippen LogP contribution in [0.25, 0.3) is 11.1 Å². The molecule has 1 aliphatic rings. The van der Waals surface area contributed by atoms with Crippen molar-refractivity contribution in [1.82, 2.24) is 15.8 Å². The maximum absolute atomic E-state index is 9.72. The summed E-state index contributed by atoms with van der Waals surface area (Å²) in [5.41, 5.74) is 15.0. The van der Waals surface area contributed by atoms with Gasteiger partial charge in [-0.3, -0.25) is 10.9 Å². The van der Waals surface area contributed by atoms with E-state index in [2.05, 4.69) is 35.8 Å². The van der Waals surface area contributed by atoms with Gasteiger partial charge in [-0.05, 0) is 37.6 Å². The van der Waals surface area contributed by atoms with Crippen LogP contribution in [0.1, 0.15) is 31.0 Å². The molecule has 1 aliphatic heterocycles. The predicted molar refractivity (Wildman–Crippen MR) is 88.4 cm³/mol. The summed E-state index contributed by atoms with van der Waals surface area (Å²) in [5.74, 6) is 0.505. The normalized spacial score (nSPS) is 23.6. The minimum Gasteiger partial charge on any atom is -0.508 e. The second-order valence-corrected chi connectivity index (χ2v) is 5.91. The van der Waals surface area contributed by atoms with Crippen molar-refractivity contribution >= 4 is 5.82 Å². The molecular weight excluding hydrogens is 290 g/mol. The van der Waals surface area contributed by atoms with Gasteiger partial charge in [0.05, 0.1) is 0 Å². The fourth-order valence-corrected chi connectivity index (χ4v) is 3.16. The molecule has 0 radical (unpaired) electrons. The van der Waals surface area contributed by atoms with Crippen LogP contribution in [0.15, 0.2) is 30.3 Å². The molecular formula is C17H19N5O. The van der Waals surface area contributed by atoms with Crippen LogP contribution in [-0.4, -0.2) is 22.2 Å². The Labute approximate surface area is 134 Å². The molecule has 0 saturated carbocycles. The Kier molecular flexibility index (Phi) is 3.90. The molecule has 2 unspecified atom stereocenters. The number of phenols is 1. The minimum absolute atomic E-state index is 0.140. The van der Waals surface area contributed by atoms with Crippen molar-refractivity contribution < 1.29 is 5.11 Å². The van der Waals surface area contributed by atoms with Crippen LogP contribution >= 0.6 is 0 Å². The largest absolute Gasteiger partial charge is 0.508 e. The first kappa shape index (κ1) is 15.3. The zero-order valence-electron chi connectivity index (χ0n) is 13.0. The first-order chi connectivity index (χ1) is 11.0. The number of rotatable bonds is 2. The van der Waals surface area contributed by atoms with Crippen LogP contribution in [-0.2, 0) is 0 Å². The first-order valence-electron chi connectivity index (χ1n) is 7.52. The van der Waals surface area contributed by atoms with E-state index in [1.165, 1.54) is 0 Å². The van der Waals surface area contributed by atoms with Gasteiger partial charge in [0, 0.05) is 29.3 Å². The smallest absolute Gasteiger partial charge is 0.142 e. The second kappa shape index (κ2) is 5.88. The molecule has 1 aromatic carbocycles. The van der Waals surface area contributed by atoms with Crippen LogP contribution < -0.4 is 16.6 Å². The summed E-state index contributed by atoms with van der Waals surface area (Å²) < 4.78 is 0. The number of nitrogen functional groups attached to an aromatic ring is 1. The molecule has 2 heterocycles. The van der Waals surface area contributed by atoms with E-state index in [-0.39, 0.29) is 29.6 Å². The van der Waals surface area contributed by atoms with Crippen molar-refractivity contribution in [3.05, 3.63) is 41.6 Å². The lowest BCUT2D eigenvalue weighted by molar-refractivity contribution is 0.475. The zero-order chi connectivity index (χ0) is 16.6. The number of nitrogens with one attached hydrogen (secondary N) is 2. The van der Waals surface area contributed by atoms with Gasteiger partial charge in [0.1, 0.15) is 23.2 Å². The fraction of sp³-hybridized carbons (Fsp3) is 0.294. The Bertz CT molecular complexity index is 773. The number of phenolic OH excluding ortho intramolecular Hbond substituents is 1. The zero-order valence-corrected chi connectivity index (χ0v) is 13.0. The van der Waals surface area contributed by atoms with E-state index in [9.17, 15) is 10.4 Å². The van der Waals surface area contributed by atoms with Crippen LogP contribution in [0.2, 0.25) is 0 Å². The predicted octanol–water partition coefficient (Wildman–Crippen LogP) is 1.88. The Morgan fingerprint density at radius 2 is 1.91 bits per heavy atom. The Morgan fingerprint density at radius 1 is 1.22 bits per heavy atom. The molecule has 1 saturated heterocycles. The Balaban J connectivity index is 2.17. The van der Waals surface area contributed by atoms with Gasteiger partial charge in [0.15, 0.2) is 0 Å². The standard InChI is InChI=1S/C17H19N5O/c1-9-16(10(2)22-21-9)15-7-13(14(8-18)17(19)20-15)11-4-3-5-12(23)6-11/h3-7,9-10,16,21-23H,1-2H3,(H2,19,20). The van der Waals surface area contributed by atoms with Crippen LogP contribution in [0.3, 0.4) is 0 Å². The van der Waals surface area contributed by atoms with Gasteiger partial charge >= 0.3 is 0 Å². The van der Waals surface area contributed by atoms with Crippen LogP contribution in [0.5, 0.6) is 5.75 Å². The molecule has 6 heteroatoms. The van der Waals surface area contributed by atoms with Gasteiger partial charge in [0.2, 0.25) is 0 Å². The maximum atomic E-state index is 9.72. The van der Waals surface area contributed by atoms with E-state index in [1.807, 2.05) is 12.1 Å². The Morgan fingerprint density at radius 3 is 2.52 bits per heavy atom. The molecule has 0 amide bonds. The quantitative estimate of drug-likeness (QED) is 0.675. The van der Waals surface area contributed by atoms with Gasteiger partial charge in [-0.2, -0.15) is 5.26 Å². The van der Waals surface area contributed by atoms with E-state index >= 15 is 0 Å². The number of hydrogen-bond donors (Lipinski definition) is 4. The van der Waals surface area contributed by atoms with Crippen molar-refractivity contribution in [2.45, 2.75) is 31.8 Å². The summed E-state index contributed by atoms with van der Waals surface area (Å²) in [5, 5.41) is 19.2. The number of anilines is 1. The number of pyridine rings is 1. The highest BCUT2D eigenvalue weighted by Crippen LogP contribution is 2.34. The maximum Gasteiger partial charge on any atom is 0.142 e. The third-order valence-corrected chi connectivity index (χ3v) is 4.29. The van der Waals surface area contributed by atoms with Gasteiger partial charge < -0.3 is 10.8 Å². The lowest BCUT2D eigenvalue weighted by atomic mass is 9.89. The topological polar surface area (TPSA) is 107 Å². The van der Waals surface area contributed by atoms with Crippen molar-refractivity contribution in [3.63, 3.8) is 0 Å². The van der Waals surface area contributed by atoms with Gasteiger partial charge in [0.25, 0.3) is 0 Å². The average Bonchev–Trinajstić information content (AvgIpc) is 2.85. The summed E-state index contributed by atoms with van der Waals surface area (Å²) in [6, 6.07) is 11.2. The number of hydrogen-bond acceptors (Lipinski definition) is 6. The summed E-state index contributed by atoms with van der Waals surface area (Å²) in [4.78, 5) is 4.45. The highest BCUT2D eigenvalue weighted by Gasteiger charge is 2.33. The highest BCUT2D eigenvalue weighted by atomic mass is 16.3. The third kappa shape index (κ3) is 2.72. The summed E-state index contributed by atoms with van der Waals surface area (Å²) >= 11 is 0. The van der Waals surface area contributed by atoms with Gasteiger partial charge in [-0.15, -0.1) is 0 Å². The van der Waals surface area contributed by atoms with Crippen molar-refractivity contribution in [1.29, 1.82) is 5.26 Å². The number of aromatic hydroxyl groups is 1. The minimum atomic E-state index is 0.140. The summed E-state index contributed by atoms with van der Waals surface area (Å²) in [6.45, 7) is 4.15. The van der Waals surface area contributed by atoms with E-state index in [1.54, 1.807) is 18.2 Å². The number of benzene rings is 1. The molecule has 0 spiro atoms. The molecule has 118 valence electrons. The summed E-state index contributed by atoms with van der Waals surface area (Å²) in [6.07, 6.45) is 0. The second-order valence-electron chi connectivity index (χ2n) is 5.91. The SMILES string of the molecule is CC1NNC(C)C1c1cc(-c2cccc(O)c2)c(C#N)c(N)n1. The number of aromatic nitrogens is 1. The molecule has 1 fully saturated rings. The van der Waals surface area contributed by atoms with E-state index in [0.29, 0.717) is 11.1 Å². The lowest BCUT2D eigenvalue weighted by Gasteiger charge is -2.19. The molecule has 2 aromatic rings. The number of hydrazine groups is 1. The van der Waals surface area contributed by atoms with E-state index < -0.39 is 0 Å². The molecule has 6 nitrogen and oxygen atoms in total. The third-order valence-electron chi connectivity index (χ3n) is 4.29. The molecule has 5 N–H and O–H groups in total.